The van der Waals surface area contributed by atoms with Crippen LogP contribution in [0.15, 0.2) is 43.0 Å². The van der Waals surface area contributed by atoms with Gasteiger partial charge in [-0.15, -0.1) is 0 Å². The predicted octanol–water partition coefficient (Wildman–Crippen LogP) is 4.90. The Balaban J connectivity index is 2.37. The zero-order chi connectivity index (χ0) is 23.5. The Labute approximate surface area is 182 Å². The molecule has 11 heteroatoms. The van der Waals surface area contributed by atoms with E-state index < -0.39 is 30.3 Å². The number of benzene rings is 1. The predicted molar refractivity (Wildman–Crippen MR) is 116 cm³/mol. The summed E-state index contributed by atoms with van der Waals surface area (Å²) in [6.07, 6.45) is -0.870. The SMILES string of the molecule is CC(C)(C)[Si](C)(C)OCc1cccc(N(Cc2cncnc2)S(=O)(=O)CC(F)(F)F)c1. The van der Waals surface area contributed by atoms with E-state index in [0.29, 0.717) is 11.1 Å². The van der Waals surface area contributed by atoms with Crippen LogP contribution in [0.2, 0.25) is 18.1 Å². The second kappa shape index (κ2) is 9.25. The fourth-order valence-corrected chi connectivity index (χ4v) is 4.80. The van der Waals surface area contributed by atoms with Gasteiger partial charge in [0.1, 0.15) is 6.33 Å². The molecular formula is C20H28F3N3O3SSi. The van der Waals surface area contributed by atoms with E-state index in [9.17, 15) is 21.6 Å². The Morgan fingerprint density at radius 1 is 1.06 bits per heavy atom. The smallest absolute Gasteiger partial charge is 0.404 e. The van der Waals surface area contributed by atoms with Gasteiger partial charge in [0.25, 0.3) is 0 Å². The van der Waals surface area contributed by atoms with Gasteiger partial charge in [-0.2, -0.15) is 13.2 Å². The summed E-state index contributed by atoms with van der Waals surface area (Å²) in [5.41, 5.74) is 1.18. The summed E-state index contributed by atoms with van der Waals surface area (Å²) in [6.45, 7) is 10.4. The van der Waals surface area contributed by atoms with Crippen molar-refractivity contribution in [2.45, 2.75) is 58.2 Å². The van der Waals surface area contributed by atoms with Crippen molar-refractivity contribution in [1.82, 2.24) is 9.97 Å². The lowest BCUT2D eigenvalue weighted by Crippen LogP contribution is -2.40. The number of alkyl halides is 3. The van der Waals surface area contributed by atoms with E-state index in [1.165, 1.54) is 24.8 Å². The van der Waals surface area contributed by atoms with Crippen LogP contribution >= 0.6 is 0 Å². The highest BCUT2D eigenvalue weighted by Gasteiger charge is 2.39. The van der Waals surface area contributed by atoms with Gasteiger partial charge in [0.15, 0.2) is 14.1 Å². The van der Waals surface area contributed by atoms with Crippen LogP contribution in [0, 0.1) is 0 Å². The molecule has 1 aromatic carbocycles. The summed E-state index contributed by atoms with van der Waals surface area (Å²) in [5.74, 6) is -1.96. The molecule has 0 N–H and O–H groups in total. The minimum Gasteiger partial charge on any atom is -0.413 e. The van der Waals surface area contributed by atoms with Crippen LogP contribution in [-0.4, -0.2) is 38.6 Å². The number of anilines is 1. The molecule has 0 fully saturated rings. The van der Waals surface area contributed by atoms with Gasteiger partial charge in [-0.1, -0.05) is 32.9 Å². The maximum absolute atomic E-state index is 13.0. The van der Waals surface area contributed by atoms with E-state index in [2.05, 4.69) is 43.8 Å². The van der Waals surface area contributed by atoms with Crippen molar-refractivity contribution in [3.05, 3.63) is 54.1 Å². The molecule has 0 radical (unpaired) electrons. The zero-order valence-corrected chi connectivity index (χ0v) is 20.1. The third-order valence-electron chi connectivity index (χ3n) is 5.23. The van der Waals surface area contributed by atoms with E-state index >= 15 is 0 Å². The van der Waals surface area contributed by atoms with Gasteiger partial charge >= 0.3 is 6.18 Å². The fourth-order valence-electron chi connectivity index (χ4n) is 2.49. The summed E-state index contributed by atoms with van der Waals surface area (Å²) in [5, 5.41) is -0.0139. The molecule has 0 saturated heterocycles. The van der Waals surface area contributed by atoms with Crippen molar-refractivity contribution in [3.8, 4) is 0 Å². The Hall–Kier alpha value is -1.98. The van der Waals surface area contributed by atoms with E-state index in [4.69, 9.17) is 4.43 Å². The van der Waals surface area contributed by atoms with Crippen LogP contribution in [0.3, 0.4) is 0 Å². The molecule has 0 saturated carbocycles. The number of rotatable bonds is 8. The number of hydrogen-bond acceptors (Lipinski definition) is 5. The van der Waals surface area contributed by atoms with Crippen LogP contribution in [0.25, 0.3) is 0 Å². The zero-order valence-electron chi connectivity index (χ0n) is 18.3. The molecule has 0 amide bonds. The highest BCUT2D eigenvalue weighted by molar-refractivity contribution is 7.92. The Bertz CT molecular complexity index is 978. The van der Waals surface area contributed by atoms with E-state index in [0.717, 1.165) is 4.31 Å². The first-order valence-electron chi connectivity index (χ1n) is 9.65. The monoisotopic (exact) mass is 475 g/mol. The minimum atomic E-state index is -4.87. The number of hydrogen-bond donors (Lipinski definition) is 0. The molecule has 0 spiro atoms. The van der Waals surface area contributed by atoms with Crippen LogP contribution in [0.4, 0.5) is 18.9 Å². The molecule has 6 nitrogen and oxygen atoms in total. The third-order valence-corrected chi connectivity index (χ3v) is 11.4. The van der Waals surface area contributed by atoms with E-state index in [1.807, 2.05) is 0 Å². The highest BCUT2D eigenvalue weighted by Crippen LogP contribution is 2.37. The number of halogens is 3. The van der Waals surface area contributed by atoms with Crippen LogP contribution in [0.5, 0.6) is 0 Å². The molecule has 31 heavy (non-hydrogen) atoms. The van der Waals surface area contributed by atoms with Crippen LogP contribution in [-0.2, 0) is 27.6 Å². The molecule has 1 aromatic heterocycles. The summed E-state index contributed by atoms with van der Waals surface area (Å²) < 4.78 is 71.1. The second-order valence-electron chi connectivity index (χ2n) is 8.84. The van der Waals surface area contributed by atoms with Crippen molar-refractivity contribution in [2.24, 2.45) is 0 Å². The molecule has 2 rings (SSSR count). The van der Waals surface area contributed by atoms with Gasteiger partial charge in [0.2, 0.25) is 10.0 Å². The van der Waals surface area contributed by atoms with E-state index in [-0.39, 0.29) is 23.9 Å². The molecule has 0 aliphatic rings. The van der Waals surface area contributed by atoms with Gasteiger partial charge in [0, 0.05) is 18.0 Å². The molecule has 1 heterocycles. The third kappa shape index (κ3) is 7.29. The quantitative estimate of drug-likeness (QED) is 0.508. The standard InChI is InChI=1S/C20H28F3N3O3SSi/c1-19(2,3)31(4,5)29-13-16-7-6-8-18(9-16)26(12-17-10-24-15-25-11-17)30(27,28)14-20(21,22)23/h6-11,15H,12-14H2,1-5H3. The lowest BCUT2D eigenvalue weighted by molar-refractivity contribution is -0.106. The summed E-state index contributed by atoms with van der Waals surface area (Å²) in [7, 11) is -6.75. The van der Waals surface area contributed by atoms with Gasteiger partial charge in [-0.3, -0.25) is 4.31 Å². The summed E-state index contributed by atoms with van der Waals surface area (Å²) in [6, 6.07) is 6.38. The molecule has 172 valence electrons. The first-order valence-corrected chi connectivity index (χ1v) is 14.2. The molecule has 0 aliphatic heterocycles. The fraction of sp³-hybridized carbons (Fsp3) is 0.500. The maximum atomic E-state index is 13.0. The van der Waals surface area contributed by atoms with Crippen molar-refractivity contribution in [1.29, 1.82) is 0 Å². The lowest BCUT2D eigenvalue weighted by atomic mass is 10.2. The van der Waals surface area contributed by atoms with E-state index in [1.54, 1.807) is 18.2 Å². The van der Waals surface area contributed by atoms with Gasteiger partial charge < -0.3 is 4.43 Å². The summed E-state index contributed by atoms with van der Waals surface area (Å²) >= 11 is 0. The Morgan fingerprint density at radius 3 is 2.23 bits per heavy atom. The van der Waals surface area contributed by atoms with Gasteiger partial charge in [0.05, 0.1) is 18.8 Å². The molecule has 0 unspecified atom stereocenters. The van der Waals surface area contributed by atoms with Crippen molar-refractivity contribution in [2.75, 3.05) is 10.1 Å². The number of sulfonamides is 1. The average molecular weight is 476 g/mol. The van der Waals surface area contributed by atoms with Gasteiger partial charge in [-0.25, -0.2) is 18.4 Å². The van der Waals surface area contributed by atoms with Crippen molar-refractivity contribution >= 4 is 24.0 Å². The van der Waals surface area contributed by atoms with Crippen molar-refractivity contribution in [3.63, 3.8) is 0 Å². The molecule has 0 aliphatic carbocycles. The first-order chi connectivity index (χ1) is 14.1. The average Bonchev–Trinajstić information content (AvgIpc) is 2.62. The molecule has 0 atom stereocenters. The van der Waals surface area contributed by atoms with Gasteiger partial charge in [-0.05, 0) is 35.8 Å². The maximum Gasteiger partial charge on any atom is 0.404 e. The first kappa shape index (κ1) is 25.3. The summed E-state index contributed by atoms with van der Waals surface area (Å²) in [4.78, 5) is 7.63. The second-order valence-corrected chi connectivity index (χ2v) is 15.5. The lowest BCUT2D eigenvalue weighted by Gasteiger charge is -2.36. The number of nitrogens with zero attached hydrogens (tertiary/aromatic N) is 3. The molecular weight excluding hydrogens is 447 g/mol. The normalized spacial score (nSPS) is 13.3. The van der Waals surface area contributed by atoms with Crippen LogP contribution < -0.4 is 4.31 Å². The van der Waals surface area contributed by atoms with Crippen molar-refractivity contribution < 1.29 is 26.0 Å². The molecule has 0 bridgehead atoms. The highest BCUT2D eigenvalue weighted by atomic mass is 32.2. The minimum absolute atomic E-state index is 0.0139. The van der Waals surface area contributed by atoms with Crippen LogP contribution in [0.1, 0.15) is 31.9 Å². The molecule has 2 aromatic rings. The number of aromatic nitrogens is 2. The largest absolute Gasteiger partial charge is 0.413 e. The Morgan fingerprint density at radius 2 is 1.68 bits per heavy atom. The Kier molecular flexibility index (Phi) is 7.54. The topological polar surface area (TPSA) is 72.4 Å².